The third-order valence-corrected chi connectivity index (χ3v) is 10.5. The van der Waals surface area contributed by atoms with E-state index in [0.717, 1.165) is 57.8 Å². The van der Waals surface area contributed by atoms with E-state index in [-0.39, 0.29) is 25.6 Å². The minimum atomic E-state index is -4.51. The van der Waals surface area contributed by atoms with Gasteiger partial charge in [-0.3, -0.25) is 13.8 Å². The lowest BCUT2D eigenvalue weighted by atomic mass is 10.1. The van der Waals surface area contributed by atoms with Crippen LogP contribution in [-0.4, -0.2) is 66.3 Å². The molecule has 0 aliphatic rings. The Morgan fingerprint density at radius 1 is 0.564 bits per heavy atom. The van der Waals surface area contributed by atoms with Crippen LogP contribution < -0.4 is 0 Å². The Labute approximate surface area is 337 Å². The standard InChI is InChI=1S/C45H85O9P/c1-3-5-7-9-11-13-15-16-17-18-19-20-21-22-23-24-25-26-27-29-31-33-35-37-45(48)54-44(42-53-55(49,50)52-40-43(47)39-46)41-51-38-36-34-32-30-28-14-12-10-8-6-4-2/h15-16,18-19,21-22,43-44,46-47H,3-14,17,20,23-42H2,1-2H3,(H,49,50)/b16-15-,19-18-,22-21-. The van der Waals surface area contributed by atoms with Crippen LogP contribution >= 0.6 is 7.82 Å². The summed E-state index contributed by atoms with van der Waals surface area (Å²) in [5.41, 5.74) is 0. The van der Waals surface area contributed by atoms with Gasteiger partial charge in [0.25, 0.3) is 0 Å². The molecule has 3 unspecified atom stereocenters. The number of aliphatic hydroxyl groups is 2. The van der Waals surface area contributed by atoms with Crippen molar-refractivity contribution in [3.63, 3.8) is 0 Å². The summed E-state index contributed by atoms with van der Waals surface area (Å²) in [5.74, 6) is -0.389. The monoisotopic (exact) mass is 801 g/mol. The molecule has 0 amide bonds. The molecule has 55 heavy (non-hydrogen) atoms. The Bertz CT molecular complexity index is 955. The molecule has 3 N–H and O–H groups in total. The summed E-state index contributed by atoms with van der Waals surface area (Å²) in [6.07, 6.45) is 45.3. The number of aliphatic hydroxyl groups excluding tert-OH is 2. The second kappa shape index (κ2) is 42.3. The van der Waals surface area contributed by atoms with Gasteiger partial charge in [0.05, 0.1) is 26.4 Å². The van der Waals surface area contributed by atoms with Crippen LogP contribution in [0.5, 0.6) is 0 Å². The predicted molar refractivity (Wildman–Crippen MR) is 228 cm³/mol. The number of esters is 1. The number of ether oxygens (including phenoxy) is 2. The maximum atomic E-state index is 12.6. The summed E-state index contributed by atoms with van der Waals surface area (Å²) in [6.45, 7) is 3.51. The van der Waals surface area contributed by atoms with E-state index in [0.29, 0.717) is 6.61 Å². The number of phosphoric acid groups is 1. The van der Waals surface area contributed by atoms with Gasteiger partial charge in [-0.1, -0.05) is 179 Å². The maximum absolute atomic E-state index is 12.6. The van der Waals surface area contributed by atoms with Crippen LogP contribution in [0.4, 0.5) is 0 Å². The van der Waals surface area contributed by atoms with Crippen LogP contribution in [0, 0.1) is 0 Å². The van der Waals surface area contributed by atoms with Crippen molar-refractivity contribution >= 4 is 13.8 Å². The van der Waals surface area contributed by atoms with Gasteiger partial charge in [0, 0.05) is 13.0 Å². The van der Waals surface area contributed by atoms with E-state index in [1.54, 1.807) is 0 Å². The lowest BCUT2D eigenvalue weighted by molar-refractivity contribution is -0.154. The van der Waals surface area contributed by atoms with Gasteiger partial charge in [-0.05, 0) is 51.4 Å². The first-order valence-electron chi connectivity index (χ1n) is 22.5. The van der Waals surface area contributed by atoms with Gasteiger partial charge in [0.15, 0.2) is 0 Å². The molecule has 0 aromatic heterocycles. The van der Waals surface area contributed by atoms with Crippen molar-refractivity contribution in [3.05, 3.63) is 36.5 Å². The van der Waals surface area contributed by atoms with Crippen molar-refractivity contribution in [1.82, 2.24) is 0 Å². The highest BCUT2D eigenvalue weighted by molar-refractivity contribution is 7.47. The van der Waals surface area contributed by atoms with Gasteiger partial charge in [0.2, 0.25) is 0 Å². The van der Waals surface area contributed by atoms with Gasteiger partial charge in [-0.2, -0.15) is 0 Å². The molecule has 0 aromatic carbocycles. The average molecular weight is 801 g/mol. The SMILES string of the molecule is CCCCCCC/C=C\C/C=C\C/C=C\CCCCCCCCCCC(=O)OC(COCCCCCCCCCCCCC)COP(=O)(O)OCC(O)CO. The van der Waals surface area contributed by atoms with Crippen LogP contribution in [0.15, 0.2) is 36.5 Å². The summed E-state index contributed by atoms with van der Waals surface area (Å²) in [7, 11) is -4.51. The summed E-state index contributed by atoms with van der Waals surface area (Å²) in [4.78, 5) is 22.6. The Hall–Kier alpha value is -1.32. The van der Waals surface area contributed by atoms with Crippen LogP contribution in [0.2, 0.25) is 0 Å². The molecule has 0 aromatic rings. The normalized spacial score (nSPS) is 14.3. The number of unbranched alkanes of at least 4 members (excludes halogenated alkanes) is 23. The zero-order chi connectivity index (χ0) is 40.3. The van der Waals surface area contributed by atoms with E-state index in [1.165, 1.54) is 122 Å². The topological polar surface area (TPSA) is 132 Å². The minimum absolute atomic E-state index is 0.0484. The predicted octanol–water partition coefficient (Wildman–Crippen LogP) is 12.4. The van der Waals surface area contributed by atoms with Crippen molar-refractivity contribution in [3.8, 4) is 0 Å². The first-order valence-corrected chi connectivity index (χ1v) is 24.0. The number of allylic oxidation sites excluding steroid dienone is 6. The molecule has 0 rings (SSSR count). The summed E-state index contributed by atoms with van der Waals surface area (Å²) < 4.78 is 33.3. The zero-order valence-electron chi connectivity index (χ0n) is 35.4. The third kappa shape index (κ3) is 42.1. The zero-order valence-corrected chi connectivity index (χ0v) is 36.3. The van der Waals surface area contributed by atoms with Gasteiger partial charge >= 0.3 is 13.8 Å². The fraction of sp³-hybridized carbons (Fsp3) is 0.844. The largest absolute Gasteiger partial charge is 0.472 e. The van der Waals surface area contributed by atoms with E-state index < -0.39 is 33.2 Å². The molecule has 0 fully saturated rings. The van der Waals surface area contributed by atoms with Crippen LogP contribution in [-0.2, 0) is 27.9 Å². The Balaban J connectivity index is 4.10. The van der Waals surface area contributed by atoms with E-state index in [1.807, 2.05) is 0 Å². The van der Waals surface area contributed by atoms with Gasteiger partial charge in [-0.15, -0.1) is 0 Å². The number of phosphoric ester groups is 1. The van der Waals surface area contributed by atoms with Crippen molar-refractivity contribution in [2.24, 2.45) is 0 Å². The van der Waals surface area contributed by atoms with Gasteiger partial charge in [0.1, 0.15) is 12.2 Å². The van der Waals surface area contributed by atoms with Crippen LogP contribution in [0.1, 0.15) is 200 Å². The Kier molecular flexibility index (Phi) is 41.3. The van der Waals surface area contributed by atoms with Gasteiger partial charge in [-0.25, -0.2) is 4.57 Å². The van der Waals surface area contributed by atoms with Crippen molar-refractivity contribution in [1.29, 1.82) is 0 Å². The molecule has 0 aliphatic heterocycles. The van der Waals surface area contributed by atoms with Crippen LogP contribution in [0.25, 0.3) is 0 Å². The van der Waals surface area contributed by atoms with Gasteiger partial charge < -0.3 is 24.6 Å². The number of carbonyl (C=O) groups excluding carboxylic acids is 1. The molecular weight excluding hydrogens is 715 g/mol. The molecular formula is C45H85O9P. The molecule has 324 valence electrons. The first kappa shape index (κ1) is 53.7. The Morgan fingerprint density at radius 3 is 1.47 bits per heavy atom. The second-order valence-electron chi connectivity index (χ2n) is 15.1. The lowest BCUT2D eigenvalue weighted by Gasteiger charge is -2.20. The smallest absolute Gasteiger partial charge is 0.457 e. The van der Waals surface area contributed by atoms with E-state index in [9.17, 15) is 19.4 Å². The molecule has 3 atom stereocenters. The molecule has 0 heterocycles. The summed E-state index contributed by atoms with van der Waals surface area (Å²) in [5, 5.41) is 18.3. The van der Waals surface area contributed by atoms with Crippen molar-refractivity contribution in [2.75, 3.05) is 33.0 Å². The quantitative estimate of drug-likeness (QED) is 0.0239. The third-order valence-electron chi connectivity index (χ3n) is 9.58. The molecule has 0 bridgehead atoms. The van der Waals surface area contributed by atoms with Crippen LogP contribution in [0.3, 0.4) is 0 Å². The number of carbonyl (C=O) groups is 1. The number of rotatable bonds is 43. The maximum Gasteiger partial charge on any atom is 0.472 e. The molecule has 0 saturated carbocycles. The molecule has 10 heteroatoms. The molecule has 0 aliphatic carbocycles. The lowest BCUT2D eigenvalue weighted by Crippen LogP contribution is -2.29. The highest BCUT2D eigenvalue weighted by atomic mass is 31.2. The number of hydrogen-bond acceptors (Lipinski definition) is 8. The highest BCUT2D eigenvalue weighted by Gasteiger charge is 2.26. The molecule has 0 radical (unpaired) electrons. The molecule has 9 nitrogen and oxygen atoms in total. The average Bonchev–Trinajstić information content (AvgIpc) is 3.18. The van der Waals surface area contributed by atoms with E-state index in [2.05, 4.69) is 50.3 Å². The molecule has 0 saturated heterocycles. The van der Waals surface area contributed by atoms with Crippen molar-refractivity contribution in [2.45, 2.75) is 212 Å². The first-order chi connectivity index (χ1) is 26.8. The van der Waals surface area contributed by atoms with Crippen molar-refractivity contribution < 1.29 is 43.0 Å². The summed E-state index contributed by atoms with van der Waals surface area (Å²) in [6, 6.07) is 0. The Morgan fingerprint density at radius 2 is 0.982 bits per heavy atom. The van der Waals surface area contributed by atoms with E-state index in [4.69, 9.17) is 23.6 Å². The fourth-order valence-corrected chi connectivity index (χ4v) is 6.92. The van der Waals surface area contributed by atoms with E-state index >= 15 is 0 Å². The highest BCUT2D eigenvalue weighted by Crippen LogP contribution is 2.43. The number of hydrogen-bond donors (Lipinski definition) is 3. The minimum Gasteiger partial charge on any atom is -0.457 e. The fourth-order valence-electron chi connectivity index (χ4n) is 6.13. The summed E-state index contributed by atoms with van der Waals surface area (Å²) >= 11 is 0. The molecule has 0 spiro atoms. The second-order valence-corrected chi connectivity index (χ2v) is 16.5.